The van der Waals surface area contributed by atoms with Crippen LogP contribution in [-0.4, -0.2) is 16.5 Å². The summed E-state index contributed by atoms with van der Waals surface area (Å²) in [5, 5.41) is 2.38. The molecule has 0 amide bonds. The average Bonchev–Trinajstić information content (AvgIpc) is 2.29. The normalized spacial score (nSPS) is 10.2. The lowest BCUT2D eigenvalue weighted by molar-refractivity contribution is 0.388. The highest BCUT2D eigenvalue weighted by Crippen LogP contribution is 2.22. The lowest BCUT2D eigenvalue weighted by Gasteiger charge is -2.05. The molecule has 2 heteroatoms. The van der Waals surface area contributed by atoms with Gasteiger partial charge in [-0.2, -0.15) is 0 Å². The SMILES string of the molecule is C=Cc1ccc2cc(OC[Si])ccc2c1. The molecule has 0 aliphatic heterocycles. The van der Waals surface area contributed by atoms with Crippen LogP contribution in [-0.2, 0) is 0 Å². The molecule has 0 N–H and O–H groups in total. The van der Waals surface area contributed by atoms with E-state index in [1.165, 1.54) is 10.8 Å². The third-order valence-electron chi connectivity index (χ3n) is 2.31. The third kappa shape index (κ3) is 2.10. The van der Waals surface area contributed by atoms with Crippen LogP contribution in [0.2, 0.25) is 0 Å². The van der Waals surface area contributed by atoms with Crippen molar-refractivity contribution >= 4 is 27.1 Å². The first-order valence-electron chi connectivity index (χ1n) is 4.77. The Kier molecular flexibility index (Phi) is 2.88. The fourth-order valence-electron chi connectivity index (χ4n) is 1.54. The van der Waals surface area contributed by atoms with Gasteiger partial charge in [-0.25, -0.2) is 0 Å². The van der Waals surface area contributed by atoms with E-state index in [0.29, 0.717) is 6.23 Å². The third-order valence-corrected chi connectivity index (χ3v) is 2.45. The van der Waals surface area contributed by atoms with Gasteiger partial charge in [0.05, 0.1) is 16.5 Å². The van der Waals surface area contributed by atoms with Crippen LogP contribution in [0.3, 0.4) is 0 Å². The van der Waals surface area contributed by atoms with Gasteiger partial charge in [0.2, 0.25) is 0 Å². The second-order valence-electron chi connectivity index (χ2n) is 3.26. The molecule has 0 aromatic heterocycles. The average molecular weight is 211 g/mol. The minimum Gasteiger partial charge on any atom is -0.498 e. The number of hydrogen-bond acceptors (Lipinski definition) is 1. The molecule has 1 nitrogen and oxygen atoms in total. The molecule has 2 rings (SSSR count). The maximum absolute atomic E-state index is 5.36. The minimum atomic E-state index is 0.510. The molecular formula is C13H11OSi. The van der Waals surface area contributed by atoms with E-state index in [-0.39, 0.29) is 0 Å². The van der Waals surface area contributed by atoms with Gasteiger partial charge in [-0.1, -0.05) is 30.9 Å². The largest absolute Gasteiger partial charge is 0.498 e. The van der Waals surface area contributed by atoms with Gasteiger partial charge in [-0.3, -0.25) is 0 Å². The van der Waals surface area contributed by atoms with Crippen molar-refractivity contribution in [1.82, 2.24) is 0 Å². The van der Waals surface area contributed by atoms with Gasteiger partial charge in [0.15, 0.2) is 0 Å². The molecule has 15 heavy (non-hydrogen) atoms. The van der Waals surface area contributed by atoms with E-state index < -0.39 is 0 Å². The van der Waals surface area contributed by atoms with Crippen LogP contribution in [0.1, 0.15) is 5.56 Å². The Morgan fingerprint density at radius 2 is 1.87 bits per heavy atom. The second kappa shape index (κ2) is 4.32. The second-order valence-corrected chi connectivity index (χ2v) is 3.55. The summed E-state index contributed by atoms with van der Waals surface area (Å²) in [5.74, 6) is 0.879. The summed E-state index contributed by atoms with van der Waals surface area (Å²) in [6.45, 7) is 3.75. The highest BCUT2D eigenvalue weighted by atomic mass is 28.1. The van der Waals surface area contributed by atoms with Crippen molar-refractivity contribution in [3.05, 3.63) is 48.5 Å². The summed E-state index contributed by atoms with van der Waals surface area (Å²) in [6.07, 6.45) is 2.36. The van der Waals surface area contributed by atoms with Crippen molar-refractivity contribution in [3.63, 3.8) is 0 Å². The topological polar surface area (TPSA) is 9.23 Å². The first kappa shape index (κ1) is 9.99. The first-order chi connectivity index (χ1) is 7.33. The van der Waals surface area contributed by atoms with E-state index in [1.807, 2.05) is 24.3 Å². The van der Waals surface area contributed by atoms with Gasteiger partial charge in [-0.15, -0.1) is 0 Å². The summed E-state index contributed by atoms with van der Waals surface area (Å²) in [7, 11) is 3.28. The van der Waals surface area contributed by atoms with Crippen molar-refractivity contribution in [2.45, 2.75) is 0 Å². The van der Waals surface area contributed by atoms with Crippen LogP contribution in [0.5, 0.6) is 5.75 Å². The zero-order valence-corrected chi connectivity index (χ0v) is 9.36. The van der Waals surface area contributed by atoms with Crippen molar-refractivity contribution in [2.24, 2.45) is 0 Å². The number of rotatable bonds is 3. The van der Waals surface area contributed by atoms with Gasteiger partial charge < -0.3 is 4.74 Å². The number of fused-ring (bicyclic) bond motifs is 1. The molecule has 3 radical (unpaired) electrons. The van der Waals surface area contributed by atoms with Crippen molar-refractivity contribution in [2.75, 3.05) is 6.23 Å². The predicted octanol–water partition coefficient (Wildman–Crippen LogP) is 2.99. The molecule has 0 saturated heterocycles. The van der Waals surface area contributed by atoms with E-state index in [1.54, 1.807) is 0 Å². The van der Waals surface area contributed by atoms with Gasteiger partial charge >= 0.3 is 0 Å². The highest BCUT2D eigenvalue weighted by Gasteiger charge is 1.97. The lowest BCUT2D eigenvalue weighted by Crippen LogP contribution is -1.94. The number of benzene rings is 2. The Balaban J connectivity index is 2.49. The summed E-state index contributed by atoms with van der Waals surface area (Å²) in [5.41, 5.74) is 1.14. The van der Waals surface area contributed by atoms with Gasteiger partial charge in [0.1, 0.15) is 5.75 Å². The standard InChI is InChI=1S/C13H11OSi/c1-2-10-3-4-12-8-13(14-9-15)6-5-11(12)7-10/h2-8H,1,9H2. The quantitative estimate of drug-likeness (QED) is 0.709. The fraction of sp³-hybridized carbons (Fsp3) is 0.0769. The van der Waals surface area contributed by atoms with Crippen LogP contribution in [0.15, 0.2) is 43.0 Å². The Bertz CT molecular complexity index is 491. The Labute approximate surface area is 92.8 Å². The number of ether oxygens (including phenoxy) is 1. The molecule has 73 valence electrons. The molecule has 2 aromatic rings. The van der Waals surface area contributed by atoms with E-state index in [0.717, 1.165) is 11.3 Å². The Morgan fingerprint density at radius 3 is 2.60 bits per heavy atom. The minimum absolute atomic E-state index is 0.510. The molecule has 0 aliphatic carbocycles. The zero-order valence-electron chi connectivity index (χ0n) is 8.36. The predicted molar refractivity (Wildman–Crippen MR) is 65.3 cm³/mol. The van der Waals surface area contributed by atoms with Gasteiger partial charge in [0, 0.05) is 0 Å². The molecule has 0 aliphatic rings. The molecule has 0 spiro atoms. The fourth-order valence-corrected chi connectivity index (χ4v) is 1.71. The van der Waals surface area contributed by atoms with Gasteiger partial charge in [0.25, 0.3) is 0 Å². The monoisotopic (exact) mass is 211 g/mol. The molecule has 0 fully saturated rings. The van der Waals surface area contributed by atoms with Crippen molar-refractivity contribution in [1.29, 1.82) is 0 Å². The van der Waals surface area contributed by atoms with E-state index in [4.69, 9.17) is 4.74 Å². The smallest absolute Gasteiger partial charge is 0.119 e. The van der Waals surface area contributed by atoms with E-state index in [9.17, 15) is 0 Å². The van der Waals surface area contributed by atoms with Gasteiger partial charge in [-0.05, 0) is 34.5 Å². The first-order valence-corrected chi connectivity index (χ1v) is 5.48. The molecule has 2 aromatic carbocycles. The van der Waals surface area contributed by atoms with E-state index >= 15 is 0 Å². The van der Waals surface area contributed by atoms with Crippen molar-refractivity contribution < 1.29 is 4.74 Å². The molecule has 0 saturated carbocycles. The molecule has 0 unspecified atom stereocenters. The Morgan fingerprint density at radius 1 is 1.13 bits per heavy atom. The van der Waals surface area contributed by atoms with Crippen LogP contribution in [0.25, 0.3) is 16.8 Å². The summed E-state index contributed by atoms with van der Waals surface area (Å²) >= 11 is 0. The van der Waals surface area contributed by atoms with Crippen LogP contribution in [0.4, 0.5) is 0 Å². The molecule has 0 heterocycles. The number of hydrogen-bond donors (Lipinski definition) is 0. The molecule has 0 bridgehead atoms. The van der Waals surface area contributed by atoms with E-state index in [2.05, 4.69) is 35.0 Å². The summed E-state index contributed by atoms with van der Waals surface area (Å²) < 4.78 is 5.36. The summed E-state index contributed by atoms with van der Waals surface area (Å²) in [4.78, 5) is 0. The zero-order chi connectivity index (χ0) is 10.7. The van der Waals surface area contributed by atoms with Crippen LogP contribution < -0.4 is 4.74 Å². The molecular weight excluding hydrogens is 200 g/mol. The Hall–Kier alpha value is -1.54. The summed E-state index contributed by atoms with van der Waals surface area (Å²) in [6, 6.07) is 12.3. The van der Waals surface area contributed by atoms with Crippen LogP contribution in [0, 0.1) is 0 Å². The maximum atomic E-state index is 5.36. The maximum Gasteiger partial charge on any atom is 0.119 e. The molecule has 0 atom stereocenters. The lowest BCUT2D eigenvalue weighted by atomic mass is 10.1. The highest BCUT2D eigenvalue weighted by molar-refractivity contribution is 6.08. The van der Waals surface area contributed by atoms with Crippen LogP contribution >= 0.6 is 0 Å². The van der Waals surface area contributed by atoms with Crippen molar-refractivity contribution in [3.8, 4) is 5.75 Å².